The molecule has 21 heavy (non-hydrogen) atoms. The van der Waals surface area contributed by atoms with E-state index in [2.05, 4.69) is 14.9 Å². The highest BCUT2D eigenvalue weighted by atomic mass is 16.6. The Bertz CT molecular complexity index is 382. The van der Waals surface area contributed by atoms with Crippen molar-refractivity contribution in [2.75, 3.05) is 39.3 Å². The molecule has 0 bridgehead atoms. The largest absolute Gasteiger partial charge is 0.444 e. The van der Waals surface area contributed by atoms with Gasteiger partial charge in [-0.05, 0) is 39.3 Å². The second kappa shape index (κ2) is 8.07. The summed E-state index contributed by atoms with van der Waals surface area (Å²) in [6, 6.07) is -0.376. The third-order valence-corrected chi connectivity index (χ3v) is 3.23. The Labute approximate surface area is 125 Å². The SMILES string of the molecule is CC(C)(C)OC(=O)N1CCN(CCC(CO)N=[N+]=[N-])CC1. The van der Waals surface area contributed by atoms with Crippen LogP contribution in [0.25, 0.3) is 10.4 Å². The standard InChI is InChI=1S/C13H25N5O3/c1-13(2,3)21-12(20)18-8-6-17(7-9-18)5-4-11(10-19)15-16-14/h11,19H,4-10H2,1-3H3. The van der Waals surface area contributed by atoms with Crippen LogP contribution in [-0.4, -0.2) is 72.0 Å². The van der Waals surface area contributed by atoms with Gasteiger partial charge in [0.05, 0.1) is 12.6 Å². The van der Waals surface area contributed by atoms with E-state index in [1.807, 2.05) is 20.8 Å². The molecule has 8 heteroatoms. The summed E-state index contributed by atoms with van der Waals surface area (Å²) in [5.41, 5.74) is 7.89. The molecule has 1 heterocycles. The van der Waals surface area contributed by atoms with E-state index in [0.717, 1.165) is 19.6 Å². The van der Waals surface area contributed by atoms with Crippen LogP contribution < -0.4 is 0 Å². The van der Waals surface area contributed by atoms with Gasteiger partial charge in [-0.3, -0.25) is 4.90 Å². The number of aliphatic hydroxyl groups is 1. The summed E-state index contributed by atoms with van der Waals surface area (Å²) in [4.78, 5) is 18.5. The predicted octanol–water partition coefficient (Wildman–Crippen LogP) is 1.60. The van der Waals surface area contributed by atoms with Crippen molar-refractivity contribution in [1.82, 2.24) is 9.80 Å². The number of piperazine rings is 1. The highest BCUT2D eigenvalue weighted by Gasteiger charge is 2.25. The molecule has 0 aromatic heterocycles. The maximum absolute atomic E-state index is 11.9. The van der Waals surface area contributed by atoms with Gasteiger partial charge in [-0.1, -0.05) is 5.11 Å². The van der Waals surface area contributed by atoms with Crippen LogP contribution in [0.2, 0.25) is 0 Å². The Kier molecular flexibility index (Phi) is 6.74. The quantitative estimate of drug-likeness (QED) is 0.473. The number of rotatable bonds is 5. The molecule has 1 aliphatic rings. The summed E-state index contributed by atoms with van der Waals surface area (Å²) >= 11 is 0. The number of ether oxygens (including phenoxy) is 1. The fraction of sp³-hybridized carbons (Fsp3) is 0.923. The first-order chi connectivity index (χ1) is 9.85. The Balaban J connectivity index is 2.32. The van der Waals surface area contributed by atoms with Gasteiger partial charge in [0.15, 0.2) is 0 Å². The van der Waals surface area contributed by atoms with E-state index >= 15 is 0 Å². The second-order valence-electron chi connectivity index (χ2n) is 6.14. The Morgan fingerprint density at radius 2 is 2.00 bits per heavy atom. The monoisotopic (exact) mass is 299 g/mol. The van der Waals surface area contributed by atoms with Gasteiger partial charge in [0.2, 0.25) is 0 Å². The van der Waals surface area contributed by atoms with Gasteiger partial charge in [-0.15, -0.1) is 0 Å². The average Bonchev–Trinajstić information content (AvgIpc) is 2.42. The molecule has 0 aromatic rings. The summed E-state index contributed by atoms with van der Waals surface area (Å²) in [7, 11) is 0. The Morgan fingerprint density at radius 1 is 1.38 bits per heavy atom. The molecular weight excluding hydrogens is 274 g/mol. The van der Waals surface area contributed by atoms with Gasteiger partial charge < -0.3 is 14.7 Å². The molecule has 120 valence electrons. The van der Waals surface area contributed by atoms with Crippen molar-refractivity contribution in [1.29, 1.82) is 0 Å². The molecule has 1 atom stereocenters. The summed E-state index contributed by atoms with van der Waals surface area (Å²) in [6.07, 6.45) is 0.344. The maximum Gasteiger partial charge on any atom is 0.410 e. The fourth-order valence-electron chi connectivity index (χ4n) is 2.07. The number of aliphatic hydroxyl groups excluding tert-OH is 1. The summed E-state index contributed by atoms with van der Waals surface area (Å²) in [5.74, 6) is 0. The lowest BCUT2D eigenvalue weighted by Crippen LogP contribution is -2.50. The Hall–Kier alpha value is -1.50. The Morgan fingerprint density at radius 3 is 2.48 bits per heavy atom. The van der Waals surface area contributed by atoms with E-state index in [0.29, 0.717) is 19.5 Å². The maximum atomic E-state index is 11.9. The molecule has 1 N–H and O–H groups in total. The van der Waals surface area contributed by atoms with Crippen LogP contribution in [0.15, 0.2) is 5.11 Å². The fourth-order valence-corrected chi connectivity index (χ4v) is 2.07. The van der Waals surface area contributed by atoms with E-state index in [4.69, 9.17) is 15.4 Å². The van der Waals surface area contributed by atoms with Crippen LogP contribution in [-0.2, 0) is 4.74 Å². The van der Waals surface area contributed by atoms with Crippen molar-refractivity contribution < 1.29 is 14.6 Å². The normalized spacial score (nSPS) is 18.0. The van der Waals surface area contributed by atoms with E-state index in [1.165, 1.54) is 0 Å². The highest BCUT2D eigenvalue weighted by Crippen LogP contribution is 2.12. The predicted molar refractivity (Wildman–Crippen MR) is 78.9 cm³/mol. The van der Waals surface area contributed by atoms with E-state index in [9.17, 15) is 4.79 Å². The van der Waals surface area contributed by atoms with Crippen LogP contribution >= 0.6 is 0 Å². The van der Waals surface area contributed by atoms with Gasteiger partial charge in [-0.25, -0.2) is 4.79 Å². The zero-order valence-corrected chi connectivity index (χ0v) is 13.0. The molecule has 1 unspecified atom stereocenters. The average molecular weight is 299 g/mol. The van der Waals surface area contributed by atoms with Crippen LogP contribution in [0.4, 0.5) is 4.79 Å². The zero-order valence-electron chi connectivity index (χ0n) is 13.0. The summed E-state index contributed by atoms with van der Waals surface area (Å²) < 4.78 is 5.34. The molecule has 8 nitrogen and oxygen atoms in total. The molecule has 0 aliphatic carbocycles. The minimum atomic E-state index is -0.474. The first-order valence-electron chi connectivity index (χ1n) is 7.21. The number of amides is 1. The zero-order chi connectivity index (χ0) is 15.9. The minimum Gasteiger partial charge on any atom is -0.444 e. The molecule has 1 aliphatic heterocycles. The van der Waals surface area contributed by atoms with Gasteiger partial charge in [-0.2, -0.15) is 0 Å². The highest BCUT2D eigenvalue weighted by molar-refractivity contribution is 5.68. The van der Waals surface area contributed by atoms with Crippen molar-refractivity contribution in [3.63, 3.8) is 0 Å². The van der Waals surface area contributed by atoms with Crippen molar-refractivity contribution in [2.24, 2.45) is 5.11 Å². The van der Waals surface area contributed by atoms with Gasteiger partial charge in [0, 0.05) is 31.1 Å². The van der Waals surface area contributed by atoms with E-state index in [1.54, 1.807) is 4.90 Å². The molecule has 1 fully saturated rings. The molecule has 0 radical (unpaired) electrons. The summed E-state index contributed by atoms with van der Waals surface area (Å²) in [5, 5.41) is 12.6. The molecule has 0 spiro atoms. The van der Waals surface area contributed by atoms with Crippen LogP contribution in [0, 0.1) is 0 Å². The second-order valence-corrected chi connectivity index (χ2v) is 6.14. The molecular formula is C13H25N5O3. The number of carbonyl (C=O) groups excluding carboxylic acids is 1. The number of nitrogens with zero attached hydrogens (tertiary/aromatic N) is 5. The minimum absolute atomic E-state index is 0.137. The topological polar surface area (TPSA) is 102 Å². The van der Waals surface area contributed by atoms with Crippen molar-refractivity contribution in [3.8, 4) is 0 Å². The van der Waals surface area contributed by atoms with Gasteiger partial charge >= 0.3 is 6.09 Å². The number of carbonyl (C=O) groups is 1. The van der Waals surface area contributed by atoms with Gasteiger partial charge in [0.1, 0.15) is 5.60 Å². The number of hydrogen-bond acceptors (Lipinski definition) is 5. The summed E-state index contributed by atoms with van der Waals surface area (Å²) in [6.45, 7) is 8.93. The lowest BCUT2D eigenvalue weighted by molar-refractivity contribution is 0.0142. The van der Waals surface area contributed by atoms with Gasteiger partial charge in [0.25, 0.3) is 0 Å². The molecule has 1 saturated heterocycles. The first-order valence-corrected chi connectivity index (χ1v) is 7.21. The smallest absolute Gasteiger partial charge is 0.410 e. The number of hydrogen-bond donors (Lipinski definition) is 1. The molecule has 0 aromatic carbocycles. The third kappa shape index (κ3) is 6.66. The van der Waals surface area contributed by atoms with Crippen LogP contribution in [0.1, 0.15) is 27.2 Å². The third-order valence-electron chi connectivity index (χ3n) is 3.23. The van der Waals surface area contributed by atoms with E-state index in [-0.39, 0.29) is 18.7 Å². The van der Waals surface area contributed by atoms with Crippen molar-refractivity contribution in [2.45, 2.75) is 38.8 Å². The number of azide groups is 1. The van der Waals surface area contributed by atoms with Crippen LogP contribution in [0.5, 0.6) is 0 Å². The van der Waals surface area contributed by atoms with Crippen molar-refractivity contribution in [3.05, 3.63) is 10.4 Å². The molecule has 1 amide bonds. The van der Waals surface area contributed by atoms with Crippen LogP contribution in [0.3, 0.4) is 0 Å². The van der Waals surface area contributed by atoms with E-state index < -0.39 is 5.60 Å². The first kappa shape index (κ1) is 17.6. The van der Waals surface area contributed by atoms with Crippen molar-refractivity contribution >= 4 is 6.09 Å². The molecule has 1 rings (SSSR count). The lowest BCUT2D eigenvalue weighted by Gasteiger charge is -2.35. The molecule has 0 saturated carbocycles. The lowest BCUT2D eigenvalue weighted by atomic mass is 10.2.